The molecule has 0 saturated carbocycles. The van der Waals surface area contributed by atoms with E-state index in [1.165, 1.54) is 0 Å². The lowest BCUT2D eigenvalue weighted by molar-refractivity contribution is -0.122. The van der Waals surface area contributed by atoms with E-state index in [0.29, 0.717) is 6.42 Å². The fourth-order valence-corrected chi connectivity index (χ4v) is 1.72. The Morgan fingerprint density at radius 2 is 2.15 bits per heavy atom. The third-order valence-corrected chi connectivity index (χ3v) is 2.65. The molecule has 1 aromatic rings. The molecule has 0 radical (unpaired) electrons. The smallest absolute Gasteiger partial charge is 0.158 e. The van der Waals surface area contributed by atoms with Crippen LogP contribution in [0.5, 0.6) is 0 Å². The SMILES string of the molecule is CC1(c2ccncc2)NCCC1=O. The number of pyridine rings is 1. The van der Waals surface area contributed by atoms with Gasteiger partial charge in [-0.25, -0.2) is 0 Å². The van der Waals surface area contributed by atoms with Crippen molar-refractivity contribution in [2.45, 2.75) is 18.9 Å². The van der Waals surface area contributed by atoms with E-state index in [1.807, 2.05) is 19.1 Å². The van der Waals surface area contributed by atoms with Crippen molar-refractivity contribution in [1.82, 2.24) is 10.3 Å². The van der Waals surface area contributed by atoms with Gasteiger partial charge in [0.05, 0.1) is 0 Å². The van der Waals surface area contributed by atoms with Gasteiger partial charge >= 0.3 is 0 Å². The van der Waals surface area contributed by atoms with Crippen LogP contribution in [0.1, 0.15) is 18.9 Å². The summed E-state index contributed by atoms with van der Waals surface area (Å²) in [5.74, 6) is 0.263. The molecule has 1 atom stereocenters. The third-order valence-electron chi connectivity index (χ3n) is 2.65. The number of nitrogens with one attached hydrogen (secondary N) is 1. The Balaban J connectivity index is 2.40. The monoisotopic (exact) mass is 176 g/mol. The number of ketones is 1. The molecule has 68 valence electrons. The van der Waals surface area contributed by atoms with Crippen molar-refractivity contribution < 1.29 is 4.79 Å². The Kier molecular flexibility index (Phi) is 1.88. The van der Waals surface area contributed by atoms with Crippen molar-refractivity contribution in [2.75, 3.05) is 6.54 Å². The first-order valence-corrected chi connectivity index (χ1v) is 4.42. The topological polar surface area (TPSA) is 42.0 Å². The van der Waals surface area contributed by atoms with Gasteiger partial charge in [0.25, 0.3) is 0 Å². The van der Waals surface area contributed by atoms with Crippen molar-refractivity contribution >= 4 is 5.78 Å². The fourth-order valence-electron chi connectivity index (χ4n) is 1.72. The molecule has 0 aromatic carbocycles. The van der Waals surface area contributed by atoms with Gasteiger partial charge in [-0.2, -0.15) is 0 Å². The maximum atomic E-state index is 11.6. The average molecular weight is 176 g/mol. The molecule has 0 aliphatic carbocycles. The Morgan fingerprint density at radius 1 is 1.46 bits per heavy atom. The summed E-state index contributed by atoms with van der Waals surface area (Å²) in [6, 6.07) is 3.77. The summed E-state index contributed by atoms with van der Waals surface area (Å²) in [6.45, 7) is 2.70. The highest BCUT2D eigenvalue weighted by Crippen LogP contribution is 2.26. The quantitative estimate of drug-likeness (QED) is 0.690. The zero-order valence-electron chi connectivity index (χ0n) is 7.58. The number of nitrogens with zero attached hydrogens (tertiary/aromatic N) is 1. The fraction of sp³-hybridized carbons (Fsp3) is 0.400. The van der Waals surface area contributed by atoms with Crippen LogP contribution in [0, 0.1) is 0 Å². The molecule has 3 nitrogen and oxygen atoms in total. The van der Waals surface area contributed by atoms with Crippen molar-refractivity contribution in [1.29, 1.82) is 0 Å². The van der Waals surface area contributed by atoms with Crippen LogP contribution in [0.4, 0.5) is 0 Å². The van der Waals surface area contributed by atoms with Crippen LogP contribution in [0.25, 0.3) is 0 Å². The van der Waals surface area contributed by atoms with Crippen LogP contribution in [0.15, 0.2) is 24.5 Å². The number of carbonyl (C=O) groups excluding carboxylic acids is 1. The summed E-state index contributed by atoms with van der Waals surface area (Å²) in [5.41, 5.74) is 0.521. The number of Topliss-reactive ketones (excluding diaryl/α,β-unsaturated/α-hetero) is 1. The maximum Gasteiger partial charge on any atom is 0.158 e. The maximum absolute atomic E-state index is 11.6. The Labute approximate surface area is 77.2 Å². The lowest BCUT2D eigenvalue weighted by Gasteiger charge is -2.22. The second-order valence-corrected chi connectivity index (χ2v) is 3.46. The lowest BCUT2D eigenvalue weighted by atomic mass is 9.90. The van der Waals surface area contributed by atoms with Gasteiger partial charge in [0, 0.05) is 25.4 Å². The normalized spacial score (nSPS) is 27.9. The van der Waals surface area contributed by atoms with E-state index < -0.39 is 5.54 Å². The number of hydrogen-bond donors (Lipinski definition) is 1. The van der Waals surface area contributed by atoms with E-state index in [1.54, 1.807) is 12.4 Å². The van der Waals surface area contributed by atoms with Crippen molar-refractivity contribution in [3.8, 4) is 0 Å². The molecule has 0 bridgehead atoms. The summed E-state index contributed by atoms with van der Waals surface area (Å²) >= 11 is 0. The van der Waals surface area contributed by atoms with Crippen LogP contribution >= 0.6 is 0 Å². The lowest BCUT2D eigenvalue weighted by Crippen LogP contribution is -2.38. The number of carbonyl (C=O) groups is 1. The molecule has 1 aliphatic rings. The second-order valence-electron chi connectivity index (χ2n) is 3.46. The van der Waals surface area contributed by atoms with Crippen molar-refractivity contribution in [2.24, 2.45) is 0 Å². The van der Waals surface area contributed by atoms with Crippen LogP contribution in [-0.4, -0.2) is 17.3 Å². The van der Waals surface area contributed by atoms with E-state index in [0.717, 1.165) is 12.1 Å². The minimum atomic E-state index is -0.483. The Morgan fingerprint density at radius 3 is 2.69 bits per heavy atom. The third kappa shape index (κ3) is 1.25. The number of aromatic nitrogens is 1. The van der Waals surface area contributed by atoms with Crippen molar-refractivity contribution in [3.05, 3.63) is 30.1 Å². The molecule has 3 heteroatoms. The van der Waals surface area contributed by atoms with Crippen LogP contribution in [0.3, 0.4) is 0 Å². The molecule has 0 amide bonds. The summed E-state index contributed by atoms with van der Waals surface area (Å²) in [6.07, 6.45) is 4.06. The minimum absolute atomic E-state index is 0.263. The van der Waals surface area contributed by atoms with Gasteiger partial charge < -0.3 is 5.32 Å². The summed E-state index contributed by atoms with van der Waals surface area (Å²) in [4.78, 5) is 15.5. The molecule has 1 aromatic heterocycles. The molecule has 1 aliphatic heterocycles. The average Bonchev–Trinajstić information content (AvgIpc) is 2.50. The van der Waals surface area contributed by atoms with E-state index in [2.05, 4.69) is 10.3 Å². The molecule has 13 heavy (non-hydrogen) atoms. The largest absolute Gasteiger partial charge is 0.301 e. The molecular formula is C10H12N2O. The summed E-state index contributed by atoms with van der Waals surface area (Å²) in [7, 11) is 0. The summed E-state index contributed by atoms with van der Waals surface area (Å²) < 4.78 is 0. The minimum Gasteiger partial charge on any atom is -0.301 e. The van der Waals surface area contributed by atoms with E-state index in [4.69, 9.17) is 0 Å². The zero-order chi connectivity index (χ0) is 9.31. The van der Waals surface area contributed by atoms with Gasteiger partial charge in [-0.3, -0.25) is 9.78 Å². The van der Waals surface area contributed by atoms with Gasteiger partial charge in [0.15, 0.2) is 5.78 Å². The predicted octanol–water partition coefficient (Wildman–Crippen LogP) is 0.859. The number of hydrogen-bond acceptors (Lipinski definition) is 3. The number of rotatable bonds is 1. The molecule has 0 spiro atoms. The van der Waals surface area contributed by atoms with Gasteiger partial charge in [-0.05, 0) is 24.6 Å². The molecule has 1 unspecified atom stereocenters. The van der Waals surface area contributed by atoms with Gasteiger partial charge in [0.2, 0.25) is 0 Å². The second kappa shape index (κ2) is 2.92. The predicted molar refractivity (Wildman–Crippen MR) is 49.2 cm³/mol. The van der Waals surface area contributed by atoms with Gasteiger partial charge in [-0.15, -0.1) is 0 Å². The van der Waals surface area contributed by atoms with Crippen LogP contribution in [-0.2, 0) is 10.3 Å². The molecule has 1 saturated heterocycles. The Bertz CT molecular complexity index is 323. The molecule has 2 heterocycles. The molecule has 2 rings (SSSR count). The van der Waals surface area contributed by atoms with Gasteiger partial charge in [-0.1, -0.05) is 0 Å². The van der Waals surface area contributed by atoms with Crippen LogP contribution < -0.4 is 5.32 Å². The summed E-state index contributed by atoms with van der Waals surface area (Å²) in [5, 5.41) is 3.22. The van der Waals surface area contributed by atoms with Crippen molar-refractivity contribution in [3.63, 3.8) is 0 Å². The highest BCUT2D eigenvalue weighted by molar-refractivity contribution is 5.91. The first-order chi connectivity index (χ1) is 6.23. The van der Waals surface area contributed by atoms with E-state index in [9.17, 15) is 4.79 Å². The van der Waals surface area contributed by atoms with E-state index in [-0.39, 0.29) is 5.78 Å². The molecular weight excluding hydrogens is 164 g/mol. The molecule has 1 fully saturated rings. The highest BCUT2D eigenvalue weighted by Gasteiger charge is 2.38. The zero-order valence-corrected chi connectivity index (χ0v) is 7.58. The standard InChI is InChI=1S/C10H12N2O/c1-10(9(13)4-7-12-10)8-2-5-11-6-3-8/h2-3,5-6,12H,4,7H2,1H3. The van der Waals surface area contributed by atoms with Crippen LogP contribution in [0.2, 0.25) is 0 Å². The van der Waals surface area contributed by atoms with Gasteiger partial charge in [0.1, 0.15) is 5.54 Å². The first-order valence-electron chi connectivity index (χ1n) is 4.42. The Hall–Kier alpha value is -1.22. The highest BCUT2D eigenvalue weighted by atomic mass is 16.1. The first kappa shape index (κ1) is 8.38. The molecule has 1 N–H and O–H groups in total. The van der Waals surface area contributed by atoms with E-state index >= 15 is 0 Å².